The Labute approximate surface area is 97.2 Å². The Kier molecular flexibility index (Phi) is 3.50. The van der Waals surface area contributed by atoms with Crippen LogP contribution in [-0.4, -0.2) is 46.3 Å². The minimum absolute atomic E-state index is 0.124. The molecule has 2 saturated heterocycles. The number of hydrazine groups is 1. The van der Waals surface area contributed by atoms with Gasteiger partial charge >= 0.3 is 0 Å². The lowest BCUT2D eigenvalue weighted by Gasteiger charge is -2.44. The fourth-order valence-corrected chi connectivity index (χ4v) is 2.99. The topological polar surface area (TPSA) is 43.8 Å². The van der Waals surface area contributed by atoms with Crippen molar-refractivity contribution < 1.29 is 9.90 Å². The van der Waals surface area contributed by atoms with E-state index < -0.39 is 0 Å². The van der Waals surface area contributed by atoms with Crippen molar-refractivity contribution in [1.29, 1.82) is 0 Å². The van der Waals surface area contributed by atoms with E-state index in [1.807, 2.05) is 5.01 Å². The molecule has 0 bridgehead atoms. The lowest BCUT2D eigenvalue weighted by molar-refractivity contribution is -0.156. The number of carbonyl (C=O) groups is 1. The summed E-state index contributed by atoms with van der Waals surface area (Å²) in [6.07, 6.45) is 4.09. The zero-order chi connectivity index (χ0) is 11.7. The number of carbonyl (C=O) groups excluding carboxylic acids is 1. The summed E-state index contributed by atoms with van der Waals surface area (Å²) in [5.74, 6) is 0.313. The molecule has 0 spiro atoms. The van der Waals surface area contributed by atoms with E-state index in [2.05, 4.69) is 18.9 Å². The van der Waals surface area contributed by atoms with Gasteiger partial charge in [-0.1, -0.05) is 6.42 Å². The molecule has 16 heavy (non-hydrogen) atoms. The van der Waals surface area contributed by atoms with Crippen molar-refractivity contribution in [1.82, 2.24) is 10.0 Å². The van der Waals surface area contributed by atoms with Gasteiger partial charge in [-0.3, -0.25) is 9.80 Å². The smallest absolute Gasteiger partial charge is 0.237 e. The minimum Gasteiger partial charge on any atom is -0.396 e. The molecule has 4 heteroatoms. The molecule has 2 aliphatic rings. The van der Waals surface area contributed by atoms with Gasteiger partial charge in [0.1, 0.15) is 0 Å². The second-order valence-electron chi connectivity index (χ2n) is 5.24. The molecular formula is C12H22N2O2. The first-order valence-corrected chi connectivity index (χ1v) is 6.33. The van der Waals surface area contributed by atoms with Crippen molar-refractivity contribution in [2.45, 2.75) is 51.6 Å². The largest absolute Gasteiger partial charge is 0.396 e. The van der Waals surface area contributed by atoms with E-state index >= 15 is 0 Å². The van der Waals surface area contributed by atoms with Gasteiger partial charge < -0.3 is 5.11 Å². The van der Waals surface area contributed by atoms with Gasteiger partial charge in [0.2, 0.25) is 5.91 Å². The predicted molar refractivity (Wildman–Crippen MR) is 61.5 cm³/mol. The molecule has 1 amide bonds. The highest BCUT2D eigenvalue weighted by Gasteiger charge is 2.38. The first-order valence-electron chi connectivity index (χ1n) is 6.33. The van der Waals surface area contributed by atoms with E-state index in [0.717, 1.165) is 12.8 Å². The Hall–Kier alpha value is -0.610. The standard InChI is InChI=1S/C12H22N2O2/c1-9-4-3-5-10(2)14(9)13-7-11(8-15)6-12(13)16/h9-11,15H,3-8H2,1-2H3. The van der Waals surface area contributed by atoms with Crippen LogP contribution in [0, 0.1) is 5.92 Å². The molecule has 0 aromatic rings. The van der Waals surface area contributed by atoms with Crippen molar-refractivity contribution in [2.75, 3.05) is 13.2 Å². The average molecular weight is 226 g/mol. The lowest BCUT2D eigenvalue weighted by atomic mass is 9.99. The second-order valence-corrected chi connectivity index (χ2v) is 5.24. The molecule has 0 radical (unpaired) electrons. The third kappa shape index (κ3) is 2.09. The third-order valence-corrected chi connectivity index (χ3v) is 3.87. The van der Waals surface area contributed by atoms with Crippen molar-refractivity contribution in [3.05, 3.63) is 0 Å². The van der Waals surface area contributed by atoms with Gasteiger partial charge in [-0.05, 0) is 26.7 Å². The molecule has 2 fully saturated rings. The predicted octanol–water partition coefficient (Wildman–Crippen LogP) is 1.01. The molecule has 0 saturated carbocycles. The van der Waals surface area contributed by atoms with Gasteiger partial charge in [0, 0.05) is 37.6 Å². The molecule has 2 rings (SSSR count). The van der Waals surface area contributed by atoms with Crippen molar-refractivity contribution in [3.8, 4) is 0 Å². The van der Waals surface area contributed by atoms with Crippen LogP contribution in [0.15, 0.2) is 0 Å². The van der Waals surface area contributed by atoms with Crippen LogP contribution in [0.1, 0.15) is 39.5 Å². The third-order valence-electron chi connectivity index (χ3n) is 3.87. The number of hydrogen-bond acceptors (Lipinski definition) is 3. The summed E-state index contributed by atoms with van der Waals surface area (Å²) >= 11 is 0. The Morgan fingerprint density at radius 1 is 1.31 bits per heavy atom. The summed E-state index contributed by atoms with van der Waals surface area (Å²) in [7, 11) is 0. The lowest BCUT2D eigenvalue weighted by Crippen LogP contribution is -2.55. The fourth-order valence-electron chi connectivity index (χ4n) is 2.99. The van der Waals surface area contributed by atoms with E-state index in [1.165, 1.54) is 6.42 Å². The Morgan fingerprint density at radius 3 is 2.44 bits per heavy atom. The Morgan fingerprint density at radius 2 is 1.94 bits per heavy atom. The highest BCUT2D eigenvalue weighted by atomic mass is 16.3. The summed E-state index contributed by atoms with van der Waals surface area (Å²) in [5, 5.41) is 13.3. The van der Waals surface area contributed by atoms with Crippen molar-refractivity contribution in [3.63, 3.8) is 0 Å². The van der Waals surface area contributed by atoms with Gasteiger partial charge in [0.15, 0.2) is 0 Å². The average Bonchev–Trinajstić information content (AvgIpc) is 2.60. The van der Waals surface area contributed by atoms with Gasteiger partial charge in [-0.15, -0.1) is 0 Å². The number of nitrogens with zero attached hydrogens (tertiary/aromatic N) is 2. The van der Waals surface area contributed by atoms with Gasteiger partial charge in [0.25, 0.3) is 0 Å². The number of aliphatic hydroxyl groups excluding tert-OH is 1. The van der Waals surface area contributed by atoms with Crippen LogP contribution in [0.25, 0.3) is 0 Å². The van der Waals surface area contributed by atoms with Crippen molar-refractivity contribution in [2.24, 2.45) is 5.92 Å². The van der Waals surface area contributed by atoms with Crippen LogP contribution in [0.4, 0.5) is 0 Å². The normalized spacial score (nSPS) is 37.1. The van der Waals surface area contributed by atoms with E-state index in [1.54, 1.807) is 0 Å². The highest BCUT2D eigenvalue weighted by Crippen LogP contribution is 2.29. The van der Waals surface area contributed by atoms with Crippen LogP contribution in [0.3, 0.4) is 0 Å². The molecule has 3 unspecified atom stereocenters. The number of piperidine rings is 1. The molecule has 4 nitrogen and oxygen atoms in total. The van der Waals surface area contributed by atoms with Crippen LogP contribution in [-0.2, 0) is 4.79 Å². The second kappa shape index (κ2) is 4.72. The summed E-state index contributed by atoms with van der Waals surface area (Å²) in [5.41, 5.74) is 0. The first-order chi connectivity index (χ1) is 7.63. The molecule has 0 aromatic heterocycles. The minimum atomic E-state index is 0.124. The first kappa shape index (κ1) is 11.9. The zero-order valence-electron chi connectivity index (χ0n) is 10.2. The van der Waals surface area contributed by atoms with Crippen LogP contribution in [0.2, 0.25) is 0 Å². The zero-order valence-corrected chi connectivity index (χ0v) is 10.2. The molecule has 3 atom stereocenters. The maximum Gasteiger partial charge on any atom is 0.237 e. The monoisotopic (exact) mass is 226 g/mol. The van der Waals surface area contributed by atoms with Gasteiger partial charge in [-0.2, -0.15) is 0 Å². The van der Waals surface area contributed by atoms with Crippen LogP contribution < -0.4 is 0 Å². The SMILES string of the molecule is CC1CCCC(C)N1N1CC(CO)CC1=O. The molecule has 1 N–H and O–H groups in total. The van der Waals surface area contributed by atoms with Gasteiger partial charge in [0.05, 0.1) is 0 Å². The molecule has 2 heterocycles. The van der Waals surface area contributed by atoms with Crippen LogP contribution in [0.5, 0.6) is 0 Å². The summed E-state index contributed by atoms with van der Waals surface area (Å²) in [6.45, 7) is 5.20. The molecule has 0 aliphatic carbocycles. The van der Waals surface area contributed by atoms with E-state index in [-0.39, 0.29) is 18.4 Å². The fraction of sp³-hybridized carbons (Fsp3) is 0.917. The Balaban J connectivity index is 2.08. The van der Waals surface area contributed by atoms with Gasteiger partial charge in [-0.25, -0.2) is 5.01 Å². The molecule has 0 aromatic carbocycles. The number of rotatable bonds is 2. The Bertz CT molecular complexity index is 260. The maximum absolute atomic E-state index is 11.9. The molecule has 2 aliphatic heterocycles. The van der Waals surface area contributed by atoms with Crippen LogP contribution >= 0.6 is 0 Å². The summed E-state index contributed by atoms with van der Waals surface area (Å²) in [4.78, 5) is 11.9. The number of amides is 1. The highest BCUT2D eigenvalue weighted by molar-refractivity contribution is 5.78. The number of hydrogen-bond donors (Lipinski definition) is 1. The summed E-state index contributed by atoms with van der Waals surface area (Å²) in [6, 6.07) is 0.898. The molecular weight excluding hydrogens is 204 g/mol. The maximum atomic E-state index is 11.9. The van der Waals surface area contributed by atoms with E-state index in [9.17, 15) is 4.79 Å². The number of aliphatic hydroxyl groups is 1. The summed E-state index contributed by atoms with van der Waals surface area (Å²) < 4.78 is 0. The quantitative estimate of drug-likeness (QED) is 0.764. The van der Waals surface area contributed by atoms with E-state index in [0.29, 0.717) is 25.0 Å². The van der Waals surface area contributed by atoms with E-state index in [4.69, 9.17) is 5.11 Å². The molecule has 92 valence electrons. The van der Waals surface area contributed by atoms with Crippen molar-refractivity contribution >= 4 is 5.91 Å².